The Labute approximate surface area is 88.9 Å². The Hall–Kier alpha value is -0.870. The molecule has 4 heteroatoms. The predicted molar refractivity (Wildman–Crippen MR) is 56.3 cm³/mol. The lowest BCUT2D eigenvalue weighted by Gasteiger charge is -2.41. The van der Waals surface area contributed by atoms with E-state index in [9.17, 15) is 5.11 Å². The molecule has 4 nitrogen and oxygen atoms in total. The molecule has 1 aromatic heterocycles. The third kappa shape index (κ3) is 1.32. The van der Waals surface area contributed by atoms with E-state index in [2.05, 4.69) is 10.2 Å². The summed E-state index contributed by atoms with van der Waals surface area (Å²) in [5.41, 5.74) is 9.49. The molecule has 82 valence electrons. The number of fused-ring (bicyclic) bond motifs is 1. The van der Waals surface area contributed by atoms with E-state index < -0.39 is 0 Å². The molecular formula is C11H17N3O. The molecule has 4 N–H and O–H groups in total. The fourth-order valence-electron chi connectivity index (χ4n) is 2.87. The van der Waals surface area contributed by atoms with Crippen LogP contribution in [0.2, 0.25) is 0 Å². The Morgan fingerprint density at radius 1 is 1.33 bits per heavy atom. The highest BCUT2D eigenvalue weighted by molar-refractivity contribution is 5.34. The van der Waals surface area contributed by atoms with Crippen molar-refractivity contribution >= 4 is 0 Å². The van der Waals surface area contributed by atoms with Crippen LogP contribution in [-0.2, 0) is 18.4 Å². The highest BCUT2D eigenvalue weighted by Gasteiger charge is 2.45. The number of aromatic amines is 1. The third-order valence-electron chi connectivity index (χ3n) is 3.73. The second-order valence-electron chi connectivity index (χ2n) is 4.95. The molecule has 0 amide bonds. The zero-order chi connectivity index (χ0) is 10.5. The molecule has 1 saturated carbocycles. The summed E-state index contributed by atoms with van der Waals surface area (Å²) in [5.74, 6) is 0. The maximum Gasteiger partial charge on any atom is 0.0857 e. The summed E-state index contributed by atoms with van der Waals surface area (Å²) in [7, 11) is 0. The summed E-state index contributed by atoms with van der Waals surface area (Å²) in [6, 6.07) is 0. The van der Waals surface area contributed by atoms with Crippen LogP contribution in [0.5, 0.6) is 0 Å². The van der Waals surface area contributed by atoms with E-state index in [1.807, 2.05) is 0 Å². The van der Waals surface area contributed by atoms with E-state index in [1.165, 1.54) is 24.1 Å². The van der Waals surface area contributed by atoms with Crippen LogP contribution in [0, 0.1) is 0 Å². The van der Waals surface area contributed by atoms with Crippen molar-refractivity contribution in [2.75, 3.05) is 0 Å². The van der Waals surface area contributed by atoms with E-state index in [-0.39, 0.29) is 11.6 Å². The number of aliphatic hydroxyl groups is 1. The van der Waals surface area contributed by atoms with Crippen LogP contribution in [0.1, 0.15) is 42.6 Å². The van der Waals surface area contributed by atoms with Gasteiger partial charge in [-0.05, 0) is 44.1 Å². The maximum absolute atomic E-state index is 9.37. The lowest BCUT2D eigenvalue weighted by molar-refractivity contribution is 0.0183. The van der Waals surface area contributed by atoms with Gasteiger partial charge in [-0.25, -0.2) is 0 Å². The lowest BCUT2D eigenvalue weighted by atomic mass is 9.71. The molecule has 1 heterocycles. The van der Waals surface area contributed by atoms with Crippen LogP contribution < -0.4 is 5.73 Å². The van der Waals surface area contributed by atoms with Crippen molar-refractivity contribution in [2.45, 2.75) is 50.2 Å². The van der Waals surface area contributed by atoms with E-state index in [0.717, 1.165) is 18.5 Å². The quantitative estimate of drug-likeness (QED) is 0.631. The number of nitrogens with two attached hydrogens (primary N) is 1. The van der Waals surface area contributed by atoms with Gasteiger partial charge >= 0.3 is 0 Å². The van der Waals surface area contributed by atoms with Gasteiger partial charge in [-0.1, -0.05) is 0 Å². The average molecular weight is 207 g/mol. The maximum atomic E-state index is 9.37. The minimum atomic E-state index is -0.360. The van der Waals surface area contributed by atoms with Crippen molar-refractivity contribution in [1.82, 2.24) is 10.2 Å². The van der Waals surface area contributed by atoms with Crippen molar-refractivity contribution in [3.05, 3.63) is 17.0 Å². The van der Waals surface area contributed by atoms with Crippen molar-refractivity contribution in [3.8, 4) is 0 Å². The summed E-state index contributed by atoms with van der Waals surface area (Å²) in [4.78, 5) is 0. The normalized spacial score (nSPS) is 34.7. The molecule has 3 rings (SSSR count). The molecule has 0 unspecified atom stereocenters. The molecule has 0 aliphatic heterocycles. The van der Waals surface area contributed by atoms with Gasteiger partial charge in [-0.15, -0.1) is 0 Å². The summed E-state index contributed by atoms with van der Waals surface area (Å²) < 4.78 is 0. The molecule has 1 aromatic rings. The number of H-pyrrole nitrogens is 1. The smallest absolute Gasteiger partial charge is 0.0857 e. The first-order valence-electron chi connectivity index (χ1n) is 5.72. The molecule has 0 bridgehead atoms. The number of aromatic nitrogens is 2. The topological polar surface area (TPSA) is 74.9 Å². The van der Waals surface area contributed by atoms with Crippen molar-refractivity contribution in [1.29, 1.82) is 0 Å². The van der Waals surface area contributed by atoms with Gasteiger partial charge in [-0.2, -0.15) is 5.10 Å². The monoisotopic (exact) mass is 207 g/mol. The van der Waals surface area contributed by atoms with Gasteiger partial charge in [0, 0.05) is 5.69 Å². The van der Waals surface area contributed by atoms with Gasteiger partial charge in [0.05, 0.1) is 17.3 Å². The van der Waals surface area contributed by atoms with Gasteiger partial charge in [0.25, 0.3) is 0 Å². The van der Waals surface area contributed by atoms with Crippen LogP contribution in [0.4, 0.5) is 0 Å². The van der Waals surface area contributed by atoms with Gasteiger partial charge in [-0.3, -0.25) is 5.10 Å². The number of aliphatic hydroxyl groups excluding tert-OH is 1. The van der Waals surface area contributed by atoms with Crippen molar-refractivity contribution in [3.63, 3.8) is 0 Å². The van der Waals surface area contributed by atoms with Crippen molar-refractivity contribution < 1.29 is 5.11 Å². The van der Waals surface area contributed by atoms with E-state index in [1.54, 1.807) is 0 Å². The molecule has 1 fully saturated rings. The molecule has 2 aliphatic rings. The first kappa shape index (κ1) is 9.36. The number of nitrogens with one attached hydrogen (secondary N) is 1. The highest BCUT2D eigenvalue weighted by atomic mass is 16.3. The van der Waals surface area contributed by atoms with Crippen LogP contribution in [0.3, 0.4) is 0 Å². The summed E-state index contributed by atoms with van der Waals surface area (Å²) in [6.45, 7) is 0. The fraction of sp³-hybridized carbons (Fsp3) is 0.727. The summed E-state index contributed by atoms with van der Waals surface area (Å²) in [5, 5.41) is 16.8. The lowest BCUT2D eigenvalue weighted by Crippen LogP contribution is -2.52. The summed E-state index contributed by atoms with van der Waals surface area (Å²) in [6.07, 6.45) is 5.75. The van der Waals surface area contributed by atoms with E-state index in [4.69, 9.17) is 5.73 Å². The van der Waals surface area contributed by atoms with Gasteiger partial charge < -0.3 is 10.8 Å². The highest BCUT2D eigenvalue weighted by Crippen LogP contribution is 2.41. The van der Waals surface area contributed by atoms with E-state index >= 15 is 0 Å². The number of rotatable bonds is 1. The second-order valence-corrected chi connectivity index (χ2v) is 4.95. The Morgan fingerprint density at radius 2 is 2.07 bits per heavy atom. The molecule has 15 heavy (non-hydrogen) atoms. The second kappa shape index (κ2) is 3.06. The molecule has 0 radical (unpaired) electrons. The SMILES string of the molecule is NC1(c2n[nH]c3c2CCCC3)CC(O)C1. The fourth-order valence-corrected chi connectivity index (χ4v) is 2.87. The molecule has 0 spiro atoms. The first-order valence-corrected chi connectivity index (χ1v) is 5.72. The third-order valence-corrected chi connectivity index (χ3v) is 3.73. The number of hydrogen-bond acceptors (Lipinski definition) is 3. The van der Waals surface area contributed by atoms with Gasteiger partial charge in [0.1, 0.15) is 0 Å². The Kier molecular flexibility index (Phi) is 1.91. The van der Waals surface area contributed by atoms with Gasteiger partial charge in [0.15, 0.2) is 0 Å². The standard InChI is InChI=1S/C11H17N3O/c12-11(5-7(15)6-11)10-8-3-1-2-4-9(8)13-14-10/h7,15H,1-6,12H2,(H,13,14). The van der Waals surface area contributed by atoms with Gasteiger partial charge in [0.2, 0.25) is 0 Å². The summed E-state index contributed by atoms with van der Waals surface area (Å²) >= 11 is 0. The Bertz CT molecular complexity index is 379. The predicted octanol–water partition coefficient (Wildman–Crippen LogP) is 0.597. The Balaban J connectivity index is 1.95. The van der Waals surface area contributed by atoms with Crippen LogP contribution in [0.15, 0.2) is 0 Å². The number of aryl methyl sites for hydroxylation is 1. The molecular weight excluding hydrogens is 190 g/mol. The minimum absolute atomic E-state index is 0.231. The molecule has 0 saturated heterocycles. The zero-order valence-electron chi connectivity index (χ0n) is 8.79. The largest absolute Gasteiger partial charge is 0.393 e. The first-order chi connectivity index (χ1) is 7.19. The number of nitrogens with zero attached hydrogens (tertiary/aromatic N) is 1. The average Bonchev–Trinajstić information content (AvgIpc) is 2.59. The Morgan fingerprint density at radius 3 is 2.80 bits per heavy atom. The van der Waals surface area contributed by atoms with Crippen LogP contribution in [0.25, 0.3) is 0 Å². The molecule has 0 atom stereocenters. The minimum Gasteiger partial charge on any atom is -0.393 e. The van der Waals surface area contributed by atoms with Crippen molar-refractivity contribution in [2.24, 2.45) is 5.73 Å². The molecule has 2 aliphatic carbocycles. The van der Waals surface area contributed by atoms with Crippen LogP contribution in [-0.4, -0.2) is 21.4 Å². The van der Waals surface area contributed by atoms with E-state index in [0.29, 0.717) is 12.8 Å². The number of hydrogen-bond donors (Lipinski definition) is 3. The zero-order valence-corrected chi connectivity index (χ0v) is 8.79. The molecule has 0 aromatic carbocycles. The van der Waals surface area contributed by atoms with Crippen LogP contribution >= 0.6 is 0 Å².